The van der Waals surface area contributed by atoms with E-state index in [9.17, 15) is 4.79 Å². The highest BCUT2D eigenvalue weighted by molar-refractivity contribution is 9.10. The van der Waals surface area contributed by atoms with Crippen molar-refractivity contribution >= 4 is 21.8 Å². The molecule has 0 bridgehead atoms. The summed E-state index contributed by atoms with van der Waals surface area (Å²) in [6.45, 7) is 4.18. The van der Waals surface area contributed by atoms with Crippen LogP contribution in [0.1, 0.15) is 6.92 Å². The van der Waals surface area contributed by atoms with Crippen LogP contribution in [0.4, 0.5) is 0 Å². The number of hydrogen-bond acceptors (Lipinski definition) is 4. The van der Waals surface area contributed by atoms with Gasteiger partial charge in [-0.2, -0.15) is 0 Å². The number of halogens is 1. The van der Waals surface area contributed by atoms with Crippen LogP contribution in [-0.2, 0) is 9.53 Å². The van der Waals surface area contributed by atoms with E-state index in [1.165, 1.54) is 0 Å². The average molecular weight is 343 g/mol. The van der Waals surface area contributed by atoms with Crippen molar-refractivity contribution in [1.82, 2.24) is 10.6 Å². The summed E-state index contributed by atoms with van der Waals surface area (Å²) >= 11 is 3.39. The number of ether oxygens (including phenoxy) is 2. The highest BCUT2D eigenvalue weighted by Crippen LogP contribution is 2.18. The minimum Gasteiger partial charge on any atom is -0.489 e. The SMILES string of the molecule is CC(CNC(=O)C1COCCN1)Oc1cccc(Br)c1. The molecule has 0 saturated carbocycles. The Labute approximate surface area is 127 Å². The van der Waals surface area contributed by atoms with E-state index in [0.29, 0.717) is 26.3 Å². The molecule has 2 rings (SSSR count). The topological polar surface area (TPSA) is 59.6 Å². The van der Waals surface area contributed by atoms with E-state index in [2.05, 4.69) is 26.6 Å². The molecule has 1 heterocycles. The van der Waals surface area contributed by atoms with Crippen LogP contribution in [0.3, 0.4) is 0 Å². The lowest BCUT2D eigenvalue weighted by molar-refractivity contribution is -0.126. The van der Waals surface area contributed by atoms with E-state index in [-0.39, 0.29) is 18.1 Å². The van der Waals surface area contributed by atoms with Crippen molar-refractivity contribution in [2.45, 2.75) is 19.1 Å². The van der Waals surface area contributed by atoms with Gasteiger partial charge in [-0.1, -0.05) is 22.0 Å². The fourth-order valence-corrected chi connectivity index (χ4v) is 2.29. The van der Waals surface area contributed by atoms with Crippen LogP contribution in [0.5, 0.6) is 5.75 Å². The molecule has 2 unspecified atom stereocenters. The predicted octanol–water partition coefficient (Wildman–Crippen LogP) is 1.32. The average Bonchev–Trinajstić information content (AvgIpc) is 2.46. The summed E-state index contributed by atoms with van der Waals surface area (Å²) in [7, 11) is 0. The Morgan fingerprint density at radius 1 is 1.65 bits per heavy atom. The molecule has 6 heteroatoms. The molecule has 1 aliphatic heterocycles. The molecule has 0 aromatic heterocycles. The van der Waals surface area contributed by atoms with Crippen molar-refractivity contribution < 1.29 is 14.3 Å². The number of benzene rings is 1. The summed E-state index contributed by atoms with van der Waals surface area (Å²) in [6.07, 6.45) is -0.0993. The molecule has 0 aliphatic carbocycles. The molecule has 0 spiro atoms. The Morgan fingerprint density at radius 3 is 3.20 bits per heavy atom. The van der Waals surface area contributed by atoms with Crippen molar-refractivity contribution in [3.8, 4) is 5.75 Å². The van der Waals surface area contributed by atoms with E-state index in [4.69, 9.17) is 9.47 Å². The maximum absolute atomic E-state index is 11.9. The number of carbonyl (C=O) groups excluding carboxylic acids is 1. The van der Waals surface area contributed by atoms with E-state index in [1.807, 2.05) is 31.2 Å². The first-order valence-electron chi connectivity index (χ1n) is 6.66. The van der Waals surface area contributed by atoms with Crippen LogP contribution in [0, 0.1) is 0 Å². The van der Waals surface area contributed by atoms with E-state index < -0.39 is 0 Å². The third-order valence-corrected chi connectivity index (χ3v) is 3.43. The standard InChI is InChI=1S/C14H19BrN2O3/c1-10(20-12-4-2-3-11(15)7-12)8-17-14(18)13-9-19-6-5-16-13/h2-4,7,10,13,16H,5-6,8-9H2,1H3,(H,17,18). The Hall–Kier alpha value is -1.11. The van der Waals surface area contributed by atoms with Crippen molar-refractivity contribution in [3.63, 3.8) is 0 Å². The fourth-order valence-electron chi connectivity index (χ4n) is 1.92. The first-order valence-corrected chi connectivity index (χ1v) is 7.45. The van der Waals surface area contributed by atoms with E-state index in [1.54, 1.807) is 0 Å². The molecule has 1 fully saturated rings. The van der Waals surface area contributed by atoms with Crippen LogP contribution >= 0.6 is 15.9 Å². The lowest BCUT2D eigenvalue weighted by Gasteiger charge is -2.24. The molecule has 1 saturated heterocycles. The number of hydrogen-bond donors (Lipinski definition) is 2. The smallest absolute Gasteiger partial charge is 0.239 e. The first-order chi connectivity index (χ1) is 9.65. The largest absolute Gasteiger partial charge is 0.489 e. The zero-order valence-electron chi connectivity index (χ0n) is 11.4. The van der Waals surface area contributed by atoms with E-state index in [0.717, 1.165) is 10.2 Å². The van der Waals surface area contributed by atoms with Gasteiger partial charge >= 0.3 is 0 Å². The Morgan fingerprint density at radius 2 is 2.50 bits per heavy atom. The Kier molecular flexibility index (Phi) is 5.82. The van der Waals surface area contributed by atoms with Gasteiger partial charge in [-0.15, -0.1) is 0 Å². The number of morpholine rings is 1. The number of rotatable bonds is 5. The van der Waals surface area contributed by atoms with Crippen molar-refractivity contribution in [1.29, 1.82) is 0 Å². The van der Waals surface area contributed by atoms with Crippen molar-refractivity contribution in [2.24, 2.45) is 0 Å². The van der Waals surface area contributed by atoms with Crippen LogP contribution in [0.25, 0.3) is 0 Å². The molecule has 20 heavy (non-hydrogen) atoms. The van der Waals surface area contributed by atoms with Gasteiger partial charge < -0.3 is 20.1 Å². The predicted molar refractivity (Wildman–Crippen MR) is 79.9 cm³/mol. The van der Waals surface area contributed by atoms with Gasteiger partial charge in [0, 0.05) is 11.0 Å². The number of amides is 1. The summed E-state index contributed by atoms with van der Waals surface area (Å²) < 4.78 is 12.0. The maximum atomic E-state index is 11.9. The molecule has 2 N–H and O–H groups in total. The molecule has 0 radical (unpaired) electrons. The highest BCUT2D eigenvalue weighted by Gasteiger charge is 2.21. The van der Waals surface area contributed by atoms with Gasteiger partial charge in [0.15, 0.2) is 0 Å². The second kappa shape index (κ2) is 7.61. The van der Waals surface area contributed by atoms with Gasteiger partial charge in [0.25, 0.3) is 0 Å². The second-order valence-corrected chi connectivity index (χ2v) is 5.63. The van der Waals surface area contributed by atoms with Gasteiger partial charge in [-0.25, -0.2) is 0 Å². The zero-order valence-corrected chi connectivity index (χ0v) is 13.0. The third kappa shape index (κ3) is 4.77. The Bertz CT molecular complexity index is 450. The second-order valence-electron chi connectivity index (χ2n) is 4.71. The number of nitrogens with one attached hydrogen (secondary N) is 2. The zero-order chi connectivity index (χ0) is 14.4. The molecular formula is C14H19BrN2O3. The summed E-state index contributed by atoms with van der Waals surface area (Å²) in [5, 5.41) is 5.98. The van der Waals surface area contributed by atoms with Gasteiger partial charge in [0.2, 0.25) is 5.91 Å². The summed E-state index contributed by atoms with van der Waals surface area (Å²) in [4.78, 5) is 11.9. The summed E-state index contributed by atoms with van der Waals surface area (Å²) in [6, 6.07) is 7.37. The molecule has 5 nitrogen and oxygen atoms in total. The molecule has 1 aromatic carbocycles. The minimum absolute atomic E-state index is 0.0469. The minimum atomic E-state index is -0.262. The monoisotopic (exact) mass is 342 g/mol. The highest BCUT2D eigenvalue weighted by atomic mass is 79.9. The van der Waals surface area contributed by atoms with Crippen LogP contribution in [0.15, 0.2) is 28.7 Å². The van der Waals surface area contributed by atoms with Gasteiger partial charge in [0.1, 0.15) is 17.9 Å². The first kappa shape index (κ1) is 15.3. The molecular weight excluding hydrogens is 324 g/mol. The Balaban J connectivity index is 1.74. The summed E-state index contributed by atoms with van der Waals surface area (Å²) in [5.41, 5.74) is 0. The molecule has 1 aromatic rings. The lowest BCUT2D eigenvalue weighted by Crippen LogP contribution is -2.52. The molecule has 1 amide bonds. The van der Waals surface area contributed by atoms with Gasteiger partial charge in [-0.3, -0.25) is 4.79 Å². The van der Waals surface area contributed by atoms with Gasteiger partial charge in [-0.05, 0) is 25.1 Å². The summed E-state index contributed by atoms with van der Waals surface area (Å²) in [5.74, 6) is 0.731. The maximum Gasteiger partial charge on any atom is 0.239 e. The van der Waals surface area contributed by atoms with Gasteiger partial charge in [0.05, 0.1) is 19.8 Å². The molecule has 1 aliphatic rings. The number of carbonyl (C=O) groups is 1. The normalized spacial score (nSPS) is 20.2. The molecule has 110 valence electrons. The third-order valence-electron chi connectivity index (χ3n) is 2.94. The van der Waals surface area contributed by atoms with E-state index >= 15 is 0 Å². The molecule has 2 atom stereocenters. The van der Waals surface area contributed by atoms with Crippen molar-refractivity contribution in [3.05, 3.63) is 28.7 Å². The van der Waals surface area contributed by atoms with Crippen LogP contribution in [0.2, 0.25) is 0 Å². The van der Waals surface area contributed by atoms with Crippen LogP contribution < -0.4 is 15.4 Å². The fraction of sp³-hybridized carbons (Fsp3) is 0.500. The van der Waals surface area contributed by atoms with Crippen LogP contribution in [-0.4, -0.2) is 44.4 Å². The lowest BCUT2D eigenvalue weighted by atomic mass is 10.2. The van der Waals surface area contributed by atoms with Crippen molar-refractivity contribution in [2.75, 3.05) is 26.3 Å². The quantitative estimate of drug-likeness (QED) is 0.847.